The van der Waals surface area contributed by atoms with Crippen molar-refractivity contribution in [2.75, 3.05) is 33.4 Å². The molecule has 2 heterocycles. The number of rotatable bonds is 4. The summed E-state index contributed by atoms with van der Waals surface area (Å²) in [6.45, 7) is 0.169. The molecule has 0 saturated heterocycles. The molecule has 4 rings (SSSR count). The van der Waals surface area contributed by atoms with Crippen LogP contribution in [0.25, 0.3) is 0 Å². The number of fused-ring (bicyclic) bond motifs is 2. The molecular formula is C19H19NO6. The van der Waals surface area contributed by atoms with Gasteiger partial charge in [-0.2, -0.15) is 0 Å². The molecule has 0 fully saturated rings. The van der Waals surface area contributed by atoms with Crippen molar-refractivity contribution in [2.24, 2.45) is 0 Å². The highest BCUT2D eigenvalue weighted by Gasteiger charge is 2.30. The van der Waals surface area contributed by atoms with Crippen LogP contribution in [0.3, 0.4) is 0 Å². The number of hydrogen-bond donors (Lipinski definition) is 1. The summed E-state index contributed by atoms with van der Waals surface area (Å²) in [5.41, 5.74) is 2.21. The van der Waals surface area contributed by atoms with Crippen molar-refractivity contribution in [1.82, 2.24) is 0 Å². The average Bonchev–Trinajstić information content (AvgIpc) is 3.12. The van der Waals surface area contributed by atoms with E-state index in [1.807, 2.05) is 12.1 Å². The van der Waals surface area contributed by atoms with Crippen LogP contribution in [0.2, 0.25) is 0 Å². The average molecular weight is 357 g/mol. The van der Waals surface area contributed by atoms with Gasteiger partial charge in [0.05, 0.1) is 27.4 Å². The predicted molar refractivity (Wildman–Crippen MR) is 94.0 cm³/mol. The highest BCUT2D eigenvalue weighted by Crippen LogP contribution is 2.44. The number of ether oxygens (including phenoxy) is 5. The minimum Gasteiger partial charge on any atom is -0.493 e. The van der Waals surface area contributed by atoms with Crippen LogP contribution in [-0.4, -0.2) is 33.9 Å². The molecule has 136 valence electrons. The topological polar surface area (TPSA) is 75.3 Å². The Labute approximate surface area is 150 Å². The van der Waals surface area contributed by atoms with Crippen LogP contribution in [0.4, 0.5) is 5.69 Å². The smallest absolute Gasteiger partial charge is 0.231 e. The summed E-state index contributed by atoms with van der Waals surface area (Å²) in [5.74, 6) is 2.89. The standard InChI is InChI=1S/C19H19NO6/c1-22-17-4-10(5-18(23-2)19(17)24-3)12-7-14(21)11-6-15-16(26-9-25-15)8-13(11)20-12/h4-6,8,12,20H,7,9H2,1-3H3/t12-/m1/s1. The highest BCUT2D eigenvalue weighted by molar-refractivity contribution is 6.04. The predicted octanol–water partition coefficient (Wildman–Crippen LogP) is 3.18. The third kappa shape index (κ3) is 2.56. The second kappa shape index (κ2) is 6.33. The molecule has 0 amide bonds. The lowest BCUT2D eigenvalue weighted by atomic mass is 9.91. The Balaban J connectivity index is 1.73. The molecule has 1 N–H and O–H groups in total. The first-order chi connectivity index (χ1) is 12.6. The number of carbonyl (C=O) groups excluding carboxylic acids is 1. The summed E-state index contributed by atoms with van der Waals surface area (Å²) >= 11 is 0. The maximum atomic E-state index is 12.7. The van der Waals surface area contributed by atoms with Gasteiger partial charge < -0.3 is 29.0 Å². The summed E-state index contributed by atoms with van der Waals surface area (Å²) in [5, 5.41) is 3.41. The lowest BCUT2D eigenvalue weighted by Crippen LogP contribution is -2.23. The van der Waals surface area contributed by atoms with E-state index in [-0.39, 0.29) is 18.6 Å². The molecule has 0 saturated carbocycles. The van der Waals surface area contributed by atoms with Crippen molar-refractivity contribution in [3.8, 4) is 28.7 Å². The zero-order valence-electron chi connectivity index (χ0n) is 14.8. The van der Waals surface area contributed by atoms with Crippen molar-refractivity contribution in [1.29, 1.82) is 0 Å². The van der Waals surface area contributed by atoms with Crippen molar-refractivity contribution >= 4 is 11.5 Å². The van der Waals surface area contributed by atoms with E-state index in [0.717, 1.165) is 11.3 Å². The molecule has 2 aliphatic rings. The molecule has 2 aromatic carbocycles. The molecule has 0 aliphatic carbocycles. The minimum atomic E-state index is -0.218. The van der Waals surface area contributed by atoms with E-state index in [1.54, 1.807) is 33.5 Å². The third-order valence-electron chi connectivity index (χ3n) is 4.62. The summed E-state index contributed by atoms with van der Waals surface area (Å²) in [6, 6.07) is 7.02. The van der Waals surface area contributed by atoms with Crippen molar-refractivity contribution in [3.05, 3.63) is 35.4 Å². The molecule has 1 atom stereocenters. The Morgan fingerprint density at radius 3 is 2.23 bits per heavy atom. The molecular weight excluding hydrogens is 338 g/mol. The number of hydrogen-bond acceptors (Lipinski definition) is 7. The zero-order valence-corrected chi connectivity index (χ0v) is 14.8. The quantitative estimate of drug-likeness (QED) is 0.901. The van der Waals surface area contributed by atoms with Crippen LogP contribution in [0.15, 0.2) is 24.3 Å². The van der Waals surface area contributed by atoms with Gasteiger partial charge in [-0.25, -0.2) is 0 Å². The van der Waals surface area contributed by atoms with Gasteiger partial charge in [0.1, 0.15) is 0 Å². The number of nitrogens with one attached hydrogen (secondary N) is 1. The van der Waals surface area contributed by atoms with E-state index in [0.29, 0.717) is 40.7 Å². The van der Waals surface area contributed by atoms with Crippen LogP contribution in [0.1, 0.15) is 28.4 Å². The lowest BCUT2D eigenvalue weighted by Gasteiger charge is -2.27. The number of methoxy groups -OCH3 is 3. The SMILES string of the molecule is COc1cc([C@H]2CC(=O)c3cc4c(cc3N2)OCO4)cc(OC)c1OC. The molecule has 2 aliphatic heterocycles. The van der Waals surface area contributed by atoms with Crippen molar-refractivity contribution < 1.29 is 28.5 Å². The maximum Gasteiger partial charge on any atom is 0.231 e. The molecule has 0 bridgehead atoms. The van der Waals surface area contributed by atoms with E-state index in [1.165, 1.54) is 0 Å². The Morgan fingerprint density at radius 1 is 0.962 bits per heavy atom. The first-order valence-corrected chi connectivity index (χ1v) is 8.18. The molecule has 0 aromatic heterocycles. The second-order valence-corrected chi connectivity index (χ2v) is 6.03. The highest BCUT2D eigenvalue weighted by atomic mass is 16.7. The molecule has 0 radical (unpaired) electrons. The maximum absolute atomic E-state index is 12.7. The van der Waals surface area contributed by atoms with Gasteiger partial charge in [0.15, 0.2) is 28.8 Å². The van der Waals surface area contributed by atoms with E-state index in [2.05, 4.69) is 5.32 Å². The Bertz CT molecular complexity index is 854. The van der Waals surface area contributed by atoms with Crippen LogP contribution >= 0.6 is 0 Å². The lowest BCUT2D eigenvalue weighted by molar-refractivity contribution is 0.0971. The number of ketones is 1. The first-order valence-electron chi connectivity index (χ1n) is 8.18. The van der Waals surface area contributed by atoms with Gasteiger partial charge in [0, 0.05) is 23.7 Å². The van der Waals surface area contributed by atoms with Gasteiger partial charge in [0.2, 0.25) is 12.5 Å². The van der Waals surface area contributed by atoms with Gasteiger partial charge >= 0.3 is 0 Å². The van der Waals surface area contributed by atoms with Crippen molar-refractivity contribution in [2.45, 2.75) is 12.5 Å². The fourth-order valence-corrected chi connectivity index (χ4v) is 3.33. The van der Waals surface area contributed by atoms with Crippen LogP contribution in [0, 0.1) is 0 Å². The Morgan fingerprint density at radius 2 is 1.62 bits per heavy atom. The monoisotopic (exact) mass is 357 g/mol. The van der Waals surface area contributed by atoms with Crippen LogP contribution in [0.5, 0.6) is 28.7 Å². The molecule has 26 heavy (non-hydrogen) atoms. The normalized spacial score (nSPS) is 17.3. The van der Waals surface area contributed by atoms with Gasteiger partial charge in [-0.1, -0.05) is 0 Å². The van der Waals surface area contributed by atoms with Crippen LogP contribution < -0.4 is 29.0 Å². The van der Waals surface area contributed by atoms with Gasteiger partial charge in [-0.15, -0.1) is 0 Å². The Kier molecular flexibility index (Phi) is 3.99. The minimum absolute atomic E-state index is 0.0378. The molecule has 7 nitrogen and oxygen atoms in total. The fourth-order valence-electron chi connectivity index (χ4n) is 3.33. The molecule has 7 heteroatoms. The first kappa shape index (κ1) is 16.4. The zero-order chi connectivity index (χ0) is 18.3. The van der Waals surface area contributed by atoms with Gasteiger partial charge in [-0.3, -0.25) is 4.79 Å². The number of Topliss-reactive ketones (excluding diaryl/α,β-unsaturated/α-hetero) is 1. The van der Waals surface area contributed by atoms with Gasteiger partial charge in [-0.05, 0) is 23.8 Å². The molecule has 0 spiro atoms. The summed E-state index contributed by atoms with van der Waals surface area (Å²) in [6.07, 6.45) is 0.311. The molecule has 2 aromatic rings. The second-order valence-electron chi connectivity index (χ2n) is 6.03. The van der Waals surface area contributed by atoms with E-state index < -0.39 is 0 Å². The molecule has 0 unspecified atom stereocenters. The number of anilines is 1. The van der Waals surface area contributed by atoms with E-state index >= 15 is 0 Å². The van der Waals surface area contributed by atoms with E-state index in [4.69, 9.17) is 23.7 Å². The fraction of sp³-hybridized carbons (Fsp3) is 0.316. The largest absolute Gasteiger partial charge is 0.493 e. The summed E-state index contributed by atoms with van der Waals surface area (Å²) < 4.78 is 27.0. The Hall–Kier alpha value is -3.09. The van der Waals surface area contributed by atoms with E-state index in [9.17, 15) is 4.79 Å². The van der Waals surface area contributed by atoms with Crippen LogP contribution in [-0.2, 0) is 0 Å². The third-order valence-corrected chi connectivity index (χ3v) is 4.62. The summed E-state index contributed by atoms with van der Waals surface area (Å²) in [7, 11) is 4.69. The number of benzene rings is 2. The van der Waals surface area contributed by atoms with Gasteiger partial charge in [0.25, 0.3) is 0 Å². The van der Waals surface area contributed by atoms with Crippen molar-refractivity contribution in [3.63, 3.8) is 0 Å². The summed E-state index contributed by atoms with van der Waals surface area (Å²) in [4.78, 5) is 12.7. The number of carbonyl (C=O) groups is 1.